The predicted molar refractivity (Wildman–Crippen MR) is 81.5 cm³/mol. The third-order valence-electron chi connectivity index (χ3n) is 4.28. The number of hydrogen-bond donors (Lipinski definition) is 1. The molecule has 0 radical (unpaired) electrons. The minimum atomic E-state index is 0.271. The number of oxazole rings is 1. The fourth-order valence-electron chi connectivity index (χ4n) is 2.89. The third-order valence-corrected chi connectivity index (χ3v) is 4.28. The summed E-state index contributed by atoms with van der Waals surface area (Å²) in [6.07, 6.45) is 1.81. The molecule has 1 aromatic heterocycles. The van der Waals surface area contributed by atoms with Crippen molar-refractivity contribution < 1.29 is 4.42 Å². The van der Waals surface area contributed by atoms with Crippen molar-refractivity contribution >= 4 is 0 Å². The molecule has 0 amide bonds. The van der Waals surface area contributed by atoms with Gasteiger partial charge in [-0.2, -0.15) is 0 Å². The Hall–Kier alpha value is -0.870. The minimum Gasteiger partial charge on any atom is -0.445 e. The summed E-state index contributed by atoms with van der Waals surface area (Å²) in [5, 5.41) is 3.72. The van der Waals surface area contributed by atoms with Gasteiger partial charge in [-0.3, -0.25) is 4.90 Å². The molecule has 1 N–H and O–H groups in total. The number of nitrogens with one attached hydrogen (secondary N) is 1. The Morgan fingerprint density at radius 1 is 1.45 bits per heavy atom. The molecule has 4 heteroatoms. The van der Waals surface area contributed by atoms with Crippen LogP contribution in [-0.4, -0.2) is 35.1 Å². The summed E-state index contributed by atoms with van der Waals surface area (Å²) in [4.78, 5) is 6.89. The van der Waals surface area contributed by atoms with E-state index in [9.17, 15) is 0 Å². The molecule has 114 valence electrons. The average Bonchev–Trinajstić information content (AvgIpc) is 2.73. The largest absolute Gasteiger partial charge is 0.445 e. The minimum absolute atomic E-state index is 0.271. The van der Waals surface area contributed by atoms with Crippen molar-refractivity contribution in [3.05, 3.63) is 17.8 Å². The molecule has 0 bridgehead atoms. The van der Waals surface area contributed by atoms with Crippen molar-refractivity contribution in [1.29, 1.82) is 0 Å². The summed E-state index contributed by atoms with van der Waals surface area (Å²) in [7, 11) is 0. The van der Waals surface area contributed by atoms with Crippen molar-refractivity contribution in [3.63, 3.8) is 0 Å². The second kappa shape index (κ2) is 5.86. The highest BCUT2D eigenvalue weighted by Gasteiger charge is 2.35. The number of hydrogen-bond acceptors (Lipinski definition) is 4. The Balaban J connectivity index is 2.10. The van der Waals surface area contributed by atoms with Crippen LogP contribution >= 0.6 is 0 Å². The van der Waals surface area contributed by atoms with E-state index in [1.165, 1.54) is 0 Å². The molecule has 1 fully saturated rings. The SMILES string of the molecule is Cc1cnc(CN2CC(C(C)(C)C)NCC2C(C)C)o1. The van der Waals surface area contributed by atoms with Gasteiger partial charge in [-0.25, -0.2) is 4.98 Å². The Morgan fingerprint density at radius 2 is 2.15 bits per heavy atom. The van der Waals surface area contributed by atoms with E-state index in [1.54, 1.807) is 0 Å². The van der Waals surface area contributed by atoms with Crippen LogP contribution in [0.15, 0.2) is 10.6 Å². The first-order chi connectivity index (χ1) is 9.27. The topological polar surface area (TPSA) is 41.3 Å². The molecule has 1 saturated heterocycles. The average molecular weight is 279 g/mol. The van der Waals surface area contributed by atoms with Crippen molar-refractivity contribution in [2.24, 2.45) is 11.3 Å². The van der Waals surface area contributed by atoms with Gasteiger partial charge in [0.05, 0.1) is 12.7 Å². The molecule has 0 saturated carbocycles. The van der Waals surface area contributed by atoms with Gasteiger partial charge in [-0.15, -0.1) is 0 Å². The zero-order valence-corrected chi connectivity index (χ0v) is 13.7. The van der Waals surface area contributed by atoms with Crippen molar-refractivity contribution in [1.82, 2.24) is 15.2 Å². The van der Waals surface area contributed by atoms with E-state index in [4.69, 9.17) is 4.42 Å². The molecule has 1 aliphatic heterocycles. The number of aryl methyl sites for hydroxylation is 1. The monoisotopic (exact) mass is 279 g/mol. The Morgan fingerprint density at radius 3 is 2.65 bits per heavy atom. The van der Waals surface area contributed by atoms with Gasteiger partial charge < -0.3 is 9.73 Å². The quantitative estimate of drug-likeness (QED) is 0.924. The first-order valence-corrected chi connectivity index (χ1v) is 7.66. The molecule has 0 aromatic carbocycles. The van der Waals surface area contributed by atoms with E-state index in [1.807, 2.05) is 13.1 Å². The molecule has 0 aliphatic carbocycles. The molecule has 1 aliphatic rings. The maximum atomic E-state index is 5.66. The molecular weight excluding hydrogens is 250 g/mol. The highest BCUT2D eigenvalue weighted by Crippen LogP contribution is 2.26. The number of rotatable bonds is 3. The van der Waals surface area contributed by atoms with Gasteiger partial charge in [0.25, 0.3) is 0 Å². The zero-order valence-electron chi connectivity index (χ0n) is 13.7. The van der Waals surface area contributed by atoms with Crippen LogP contribution in [0.4, 0.5) is 0 Å². The van der Waals surface area contributed by atoms with Gasteiger partial charge in [-0.05, 0) is 18.3 Å². The van der Waals surface area contributed by atoms with Gasteiger partial charge in [0.1, 0.15) is 5.76 Å². The first kappa shape index (κ1) is 15.5. The summed E-state index contributed by atoms with van der Waals surface area (Å²) < 4.78 is 5.66. The predicted octanol–water partition coefficient (Wildman–Crippen LogP) is 2.83. The lowest BCUT2D eigenvalue weighted by atomic mass is 9.83. The van der Waals surface area contributed by atoms with Crippen molar-refractivity contribution in [2.45, 2.75) is 60.2 Å². The van der Waals surface area contributed by atoms with Crippen LogP contribution < -0.4 is 5.32 Å². The van der Waals surface area contributed by atoms with E-state index in [-0.39, 0.29) is 5.41 Å². The summed E-state index contributed by atoms with van der Waals surface area (Å²) >= 11 is 0. The van der Waals surface area contributed by atoms with E-state index in [0.717, 1.165) is 31.3 Å². The molecule has 20 heavy (non-hydrogen) atoms. The van der Waals surface area contributed by atoms with Gasteiger partial charge in [0, 0.05) is 25.2 Å². The second-order valence-electron chi connectivity index (χ2n) is 7.43. The highest BCUT2D eigenvalue weighted by atomic mass is 16.4. The molecule has 0 spiro atoms. The Bertz CT molecular complexity index is 433. The van der Waals surface area contributed by atoms with Crippen LogP contribution in [0.1, 0.15) is 46.3 Å². The van der Waals surface area contributed by atoms with Crippen LogP contribution in [-0.2, 0) is 6.54 Å². The van der Waals surface area contributed by atoms with Gasteiger partial charge >= 0.3 is 0 Å². The van der Waals surface area contributed by atoms with E-state index >= 15 is 0 Å². The highest BCUT2D eigenvalue weighted by molar-refractivity contribution is 4.96. The zero-order chi connectivity index (χ0) is 14.9. The van der Waals surface area contributed by atoms with Gasteiger partial charge in [0.2, 0.25) is 5.89 Å². The Kier molecular flexibility index (Phi) is 4.55. The lowest BCUT2D eigenvalue weighted by molar-refractivity contribution is 0.0506. The molecule has 1 aromatic rings. The second-order valence-corrected chi connectivity index (χ2v) is 7.43. The number of piperazine rings is 1. The summed E-state index contributed by atoms with van der Waals surface area (Å²) in [5.41, 5.74) is 0.271. The van der Waals surface area contributed by atoms with Gasteiger partial charge in [0.15, 0.2) is 0 Å². The summed E-state index contributed by atoms with van der Waals surface area (Å²) in [6, 6.07) is 1.05. The van der Waals surface area contributed by atoms with E-state index < -0.39 is 0 Å². The fourth-order valence-corrected chi connectivity index (χ4v) is 2.89. The molecule has 2 rings (SSSR count). The van der Waals surface area contributed by atoms with Crippen molar-refractivity contribution in [2.75, 3.05) is 13.1 Å². The maximum absolute atomic E-state index is 5.66. The smallest absolute Gasteiger partial charge is 0.208 e. The van der Waals surface area contributed by atoms with Crippen LogP contribution in [0, 0.1) is 18.3 Å². The van der Waals surface area contributed by atoms with Crippen LogP contribution in [0.5, 0.6) is 0 Å². The van der Waals surface area contributed by atoms with Crippen molar-refractivity contribution in [3.8, 4) is 0 Å². The maximum Gasteiger partial charge on any atom is 0.208 e. The molecule has 4 nitrogen and oxygen atoms in total. The Labute approximate surface area is 122 Å². The number of aromatic nitrogens is 1. The molecular formula is C16H29N3O. The normalized spacial score (nSPS) is 25.4. The van der Waals surface area contributed by atoms with E-state index in [2.05, 4.69) is 49.8 Å². The molecule has 2 atom stereocenters. The van der Waals surface area contributed by atoms with Crippen LogP contribution in [0.25, 0.3) is 0 Å². The third kappa shape index (κ3) is 3.61. The molecule has 2 unspecified atom stereocenters. The summed E-state index contributed by atoms with van der Waals surface area (Å²) in [6.45, 7) is 16.3. The lowest BCUT2D eigenvalue weighted by Crippen LogP contribution is -2.61. The van der Waals surface area contributed by atoms with E-state index in [0.29, 0.717) is 18.0 Å². The summed E-state index contributed by atoms with van der Waals surface area (Å²) in [5.74, 6) is 2.35. The molecule has 2 heterocycles. The van der Waals surface area contributed by atoms with Gasteiger partial charge in [-0.1, -0.05) is 34.6 Å². The lowest BCUT2D eigenvalue weighted by Gasteiger charge is -2.46. The first-order valence-electron chi connectivity index (χ1n) is 7.66. The number of nitrogens with zero attached hydrogens (tertiary/aromatic N) is 2. The standard InChI is InChI=1S/C16H29N3O/c1-11(2)13-8-17-14(16(4,5)6)9-19(13)10-15-18-7-12(3)20-15/h7,11,13-14,17H,8-10H2,1-6H3. The van der Waals surface area contributed by atoms with Crippen LogP contribution in [0.3, 0.4) is 0 Å². The van der Waals surface area contributed by atoms with Crippen LogP contribution in [0.2, 0.25) is 0 Å². The fraction of sp³-hybridized carbons (Fsp3) is 0.812.